The number of nitrogens with one attached hydrogen (secondary N) is 1. The van der Waals surface area contributed by atoms with E-state index in [4.69, 9.17) is 5.11 Å². The number of sulfonamides is 1. The van der Waals surface area contributed by atoms with Crippen LogP contribution in [0.3, 0.4) is 0 Å². The summed E-state index contributed by atoms with van der Waals surface area (Å²) in [5.74, 6) is -0.452. The van der Waals surface area contributed by atoms with Crippen LogP contribution in [0.4, 0.5) is 11.4 Å². The van der Waals surface area contributed by atoms with Gasteiger partial charge >= 0.3 is 5.97 Å². The summed E-state index contributed by atoms with van der Waals surface area (Å²) < 4.78 is 25.1. The van der Waals surface area contributed by atoms with Crippen molar-refractivity contribution in [3.8, 4) is 0 Å². The van der Waals surface area contributed by atoms with Gasteiger partial charge in [-0.05, 0) is 53.8 Å². The van der Waals surface area contributed by atoms with Gasteiger partial charge in [0, 0.05) is 18.7 Å². The van der Waals surface area contributed by atoms with Crippen molar-refractivity contribution in [1.82, 2.24) is 0 Å². The zero-order valence-corrected chi connectivity index (χ0v) is 16.5. The predicted octanol–water partition coefficient (Wildman–Crippen LogP) is 3.61. The molecule has 0 fully saturated rings. The lowest BCUT2D eigenvalue weighted by Crippen LogP contribution is -2.30. The summed E-state index contributed by atoms with van der Waals surface area (Å²) in [5, 5.41) is 12.7. The molecule has 7 heteroatoms. The zero-order chi connectivity index (χ0) is 20.1. The van der Waals surface area contributed by atoms with Gasteiger partial charge in [0.1, 0.15) is 0 Å². The van der Waals surface area contributed by atoms with Crippen LogP contribution in [-0.2, 0) is 10.0 Å². The van der Waals surface area contributed by atoms with Crippen molar-refractivity contribution < 1.29 is 18.3 Å². The summed E-state index contributed by atoms with van der Waals surface area (Å²) >= 11 is 0. The maximum Gasteiger partial charge on any atom is 0.335 e. The van der Waals surface area contributed by atoms with Gasteiger partial charge in [-0.1, -0.05) is 24.3 Å². The van der Waals surface area contributed by atoms with Crippen molar-refractivity contribution in [2.45, 2.75) is 18.4 Å². The van der Waals surface area contributed by atoms with Gasteiger partial charge in [-0.15, -0.1) is 0 Å². The Morgan fingerprint density at radius 1 is 1.18 bits per heavy atom. The second-order valence-electron chi connectivity index (χ2n) is 7.40. The molecule has 3 atom stereocenters. The van der Waals surface area contributed by atoms with Crippen LogP contribution in [0.5, 0.6) is 0 Å². The molecule has 28 heavy (non-hydrogen) atoms. The number of hydrogen-bond donors (Lipinski definition) is 2. The van der Waals surface area contributed by atoms with Gasteiger partial charge in [-0.2, -0.15) is 0 Å². The van der Waals surface area contributed by atoms with Gasteiger partial charge in [-0.3, -0.25) is 4.31 Å². The SMILES string of the molecule is CN(c1ccc2c(c1)[C@@H]1C=CC[C@@H]1[C@H](c1ccc(C(=O)O)cc1)N2)S(C)(=O)=O. The number of anilines is 2. The van der Waals surface area contributed by atoms with Crippen LogP contribution in [0.2, 0.25) is 0 Å². The lowest BCUT2D eigenvalue weighted by molar-refractivity contribution is 0.0697. The minimum atomic E-state index is -3.32. The van der Waals surface area contributed by atoms with Gasteiger partial charge in [0.2, 0.25) is 10.0 Å². The Bertz CT molecular complexity index is 1060. The molecule has 1 aliphatic heterocycles. The van der Waals surface area contributed by atoms with Crippen LogP contribution in [0.1, 0.15) is 39.9 Å². The fraction of sp³-hybridized carbons (Fsp3) is 0.286. The summed E-state index contributed by atoms with van der Waals surface area (Å²) in [6, 6.07) is 12.7. The number of fused-ring (bicyclic) bond motifs is 3. The normalized spacial score (nSPS) is 22.9. The van der Waals surface area contributed by atoms with Crippen LogP contribution < -0.4 is 9.62 Å². The number of rotatable bonds is 4. The number of nitrogens with zero attached hydrogens (tertiary/aromatic N) is 1. The first-order chi connectivity index (χ1) is 13.3. The molecule has 2 aromatic carbocycles. The monoisotopic (exact) mass is 398 g/mol. The highest BCUT2D eigenvalue weighted by atomic mass is 32.2. The van der Waals surface area contributed by atoms with E-state index in [1.165, 1.54) is 10.6 Å². The molecule has 0 bridgehead atoms. The Hall–Kier alpha value is -2.80. The van der Waals surface area contributed by atoms with Crippen molar-refractivity contribution in [3.63, 3.8) is 0 Å². The highest BCUT2D eigenvalue weighted by Crippen LogP contribution is 2.50. The number of carboxylic acid groups (broad SMARTS) is 1. The standard InChI is InChI=1S/C21H22N2O4S/c1-23(28(2,26)27)15-10-11-19-18(12-15)16-4-3-5-17(16)20(22-19)13-6-8-14(9-7-13)21(24)25/h3-4,6-12,16-17,20,22H,5H2,1-2H3,(H,24,25)/t16-,17+,20+/m1/s1. The molecule has 0 aromatic heterocycles. The second kappa shape index (κ2) is 6.67. The Labute approximate surface area is 164 Å². The van der Waals surface area contributed by atoms with Crippen LogP contribution in [0.25, 0.3) is 0 Å². The Morgan fingerprint density at radius 2 is 1.89 bits per heavy atom. The zero-order valence-electron chi connectivity index (χ0n) is 15.7. The van der Waals surface area contributed by atoms with E-state index < -0.39 is 16.0 Å². The summed E-state index contributed by atoms with van der Waals surface area (Å²) in [6.07, 6.45) is 6.46. The first kappa shape index (κ1) is 18.6. The third-order valence-electron chi connectivity index (χ3n) is 5.72. The minimum Gasteiger partial charge on any atom is -0.478 e. The molecule has 0 spiro atoms. The van der Waals surface area contributed by atoms with E-state index in [0.717, 1.165) is 23.2 Å². The van der Waals surface area contributed by atoms with Gasteiger partial charge in [-0.25, -0.2) is 13.2 Å². The van der Waals surface area contributed by atoms with E-state index in [1.54, 1.807) is 25.2 Å². The van der Waals surface area contributed by atoms with Crippen LogP contribution in [0.15, 0.2) is 54.6 Å². The molecule has 0 unspecified atom stereocenters. The molecule has 0 radical (unpaired) electrons. The Morgan fingerprint density at radius 3 is 2.54 bits per heavy atom. The first-order valence-electron chi connectivity index (χ1n) is 9.10. The van der Waals surface area contributed by atoms with E-state index in [2.05, 4.69) is 17.5 Å². The number of allylic oxidation sites excluding steroid dienone is 2. The highest BCUT2D eigenvalue weighted by molar-refractivity contribution is 7.92. The number of carbonyl (C=O) groups is 1. The van der Waals surface area contributed by atoms with Gasteiger partial charge in [0.05, 0.1) is 23.5 Å². The number of benzene rings is 2. The quantitative estimate of drug-likeness (QED) is 0.769. The smallest absolute Gasteiger partial charge is 0.335 e. The van der Waals surface area contributed by atoms with Crippen molar-refractivity contribution >= 4 is 27.4 Å². The first-order valence-corrected chi connectivity index (χ1v) is 10.9. The summed E-state index contributed by atoms with van der Waals surface area (Å²) in [6.45, 7) is 0. The lowest BCUT2D eigenvalue weighted by Gasteiger charge is -2.38. The summed E-state index contributed by atoms with van der Waals surface area (Å²) in [4.78, 5) is 11.1. The number of hydrogen-bond acceptors (Lipinski definition) is 4. The number of carboxylic acids is 1. The maximum absolute atomic E-state index is 11.9. The third kappa shape index (κ3) is 3.16. The van der Waals surface area contributed by atoms with Crippen molar-refractivity contribution in [3.05, 3.63) is 71.3 Å². The van der Waals surface area contributed by atoms with Crippen LogP contribution in [-0.4, -0.2) is 32.8 Å². The molecule has 0 saturated carbocycles. The molecular formula is C21H22N2O4S. The van der Waals surface area contributed by atoms with Crippen LogP contribution in [0, 0.1) is 5.92 Å². The fourth-order valence-corrected chi connectivity index (χ4v) is 4.63. The summed E-state index contributed by atoms with van der Waals surface area (Å²) in [7, 11) is -1.76. The van der Waals surface area contributed by atoms with E-state index in [-0.39, 0.29) is 17.5 Å². The molecule has 2 aliphatic rings. The Kier molecular flexibility index (Phi) is 4.42. The minimum absolute atomic E-state index is 0.0637. The van der Waals surface area contributed by atoms with E-state index in [9.17, 15) is 13.2 Å². The molecule has 0 amide bonds. The van der Waals surface area contributed by atoms with Gasteiger partial charge in [0.25, 0.3) is 0 Å². The van der Waals surface area contributed by atoms with Crippen molar-refractivity contribution in [2.75, 3.05) is 22.9 Å². The van der Waals surface area contributed by atoms with Gasteiger partial charge in [0.15, 0.2) is 0 Å². The number of aromatic carboxylic acids is 1. The molecule has 4 rings (SSSR count). The average molecular weight is 398 g/mol. The fourth-order valence-electron chi connectivity index (χ4n) is 4.13. The molecule has 2 aromatic rings. The maximum atomic E-state index is 11.9. The largest absolute Gasteiger partial charge is 0.478 e. The molecule has 0 saturated heterocycles. The lowest BCUT2D eigenvalue weighted by atomic mass is 9.77. The predicted molar refractivity (Wildman–Crippen MR) is 109 cm³/mol. The average Bonchev–Trinajstić information content (AvgIpc) is 3.16. The second-order valence-corrected chi connectivity index (χ2v) is 9.42. The third-order valence-corrected chi connectivity index (χ3v) is 6.93. The highest BCUT2D eigenvalue weighted by Gasteiger charge is 2.38. The van der Waals surface area contributed by atoms with Crippen molar-refractivity contribution in [2.24, 2.45) is 5.92 Å². The van der Waals surface area contributed by atoms with Gasteiger partial charge < -0.3 is 10.4 Å². The molecule has 146 valence electrons. The van der Waals surface area contributed by atoms with E-state index in [0.29, 0.717) is 11.6 Å². The van der Waals surface area contributed by atoms with Crippen molar-refractivity contribution in [1.29, 1.82) is 0 Å². The van der Waals surface area contributed by atoms with Crippen LogP contribution >= 0.6 is 0 Å². The molecule has 1 aliphatic carbocycles. The molecule has 2 N–H and O–H groups in total. The molecule has 6 nitrogen and oxygen atoms in total. The summed E-state index contributed by atoms with van der Waals surface area (Å²) in [5.41, 5.74) is 4.03. The topological polar surface area (TPSA) is 86.7 Å². The van der Waals surface area contributed by atoms with E-state index >= 15 is 0 Å². The van der Waals surface area contributed by atoms with E-state index in [1.807, 2.05) is 24.3 Å². The molecular weight excluding hydrogens is 376 g/mol. The Balaban J connectivity index is 1.71. The molecule has 1 heterocycles.